The summed E-state index contributed by atoms with van der Waals surface area (Å²) in [6, 6.07) is 2.81. The zero-order valence-electron chi connectivity index (χ0n) is 26.6. The van der Waals surface area contributed by atoms with Crippen LogP contribution in [0.15, 0.2) is 53.8 Å². The second-order valence-electron chi connectivity index (χ2n) is 5.93. The van der Waals surface area contributed by atoms with Crippen LogP contribution in [0.4, 0.5) is 10.8 Å². The Bertz CT molecular complexity index is 1400. The van der Waals surface area contributed by atoms with Gasteiger partial charge < -0.3 is 16.2 Å². The molecule has 3 rings (SSSR count). The quantitative estimate of drug-likeness (QED) is 0.470. The fraction of sp³-hybridized carbons (Fsp3) is 0.304. The van der Waals surface area contributed by atoms with Crippen LogP contribution in [0, 0.1) is 6.92 Å². The van der Waals surface area contributed by atoms with E-state index in [0.29, 0.717) is 0 Å². The Morgan fingerprint density at radius 1 is 1.38 bits per heavy atom. The van der Waals surface area contributed by atoms with Crippen LogP contribution in [0.2, 0.25) is 0 Å². The van der Waals surface area contributed by atoms with Crippen LogP contribution >= 0.6 is 11.3 Å². The molecule has 5 nitrogen and oxygen atoms in total. The van der Waals surface area contributed by atoms with Crippen molar-refractivity contribution in [1.29, 1.82) is 0 Å². The van der Waals surface area contributed by atoms with Crippen LogP contribution < -0.4 is 11.1 Å². The average molecular weight is 421 g/mol. The molecule has 0 spiro atoms. The number of anilines is 2. The van der Waals surface area contributed by atoms with E-state index >= 15 is 0 Å². The number of aromatic nitrogens is 1. The summed E-state index contributed by atoms with van der Waals surface area (Å²) in [6.07, 6.45) is -11.9. The van der Waals surface area contributed by atoms with Gasteiger partial charge in [0, 0.05) is 19.3 Å². The number of nitrogens with zero attached hydrogens (tertiary/aromatic N) is 1. The molecular formula is C23H27N3O2S. The lowest BCUT2D eigenvalue weighted by Gasteiger charge is -2.11. The van der Waals surface area contributed by atoms with Crippen LogP contribution in [0.25, 0.3) is 0 Å². The lowest BCUT2D eigenvalue weighted by atomic mass is 10.00. The maximum absolute atomic E-state index is 12.5. The third-order valence-electron chi connectivity index (χ3n) is 3.64. The van der Waals surface area contributed by atoms with Crippen molar-refractivity contribution in [3.05, 3.63) is 76.2 Å². The molecule has 3 aromatic rings. The number of carbonyl (C=O) groups is 1. The molecule has 4 N–H and O–H groups in total. The number of benzene rings is 2. The fourth-order valence-corrected chi connectivity index (χ4v) is 2.82. The van der Waals surface area contributed by atoms with E-state index in [0.717, 1.165) is 11.3 Å². The molecule has 0 bridgehead atoms. The number of rotatable bonds is 9. The Hall–Kier alpha value is -2.70. The number of hydrogen-bond donors (Lipinski definition) is 3. The summed E-state index contributed by atoms with van der Waals surface area (Å²) in [5.74, 6) is -1.01. The molecule has 1 aromatic heterocycles. The summed E-state index contributed by atoms with van der Waals surface area (Å²) in [4.78, 5) is 16.3. The molecule has 1 heterocycles. The van der Waals surface area contributed by atoms with Gasteiger partial charge in [0.2, 0.25) is 5.91 Å². The lowest BCUT2D eigenvalue weighted by Crippen LogP contribution is -2.14. The van der Waals surface area contributed by atoms with Gasteiger partial charge in [0.05, 0.1) is 25.0 Å². The summed E-state index contributed by atoms with van der Waals surface area (Å²) in [5, 5.41) is 14.7. The SMILES string of the molecule is [2H]c1c([2H])c(C)c([2H])c([C@@]([2H])(O)C([2H])([2H])CCC([2H])([2H])c2ccc(NC(=O)C([2H])([2H])c3csc(N)n3)cc2)c1[2H]. The number of nitrogens with one attached hydrogen (secondary N) is 1. The van der Waals surface area contributed by atoms with Crippen LogP contribution in [0.3, 0.4) is 0 Å². The number of nitrogen functional groups attached to an aromatic ring is 1. The van der Waals surface area contributed by atoms with Crippen LogP contribution in [-0.2, 0) is 17.5 Å². The molecule has 6 heteroatoms. The minimum Gasteiger partial charge on any atom is -0.388 e. The molecule has 0 aliphatic heterocycles. The fourth-order valence-electron chi connectivity index (χ4n) is 2.33. The van der Waals surface area contributed by atoms with Crippen LogP contribution in [0.5, 0.6) is 0 Å². The lowest BCUT2D eigenvalue weighted by molar-refractivity contribution is -0.115. The molecule has 0 fully saturated rings. The molecule has 0 unspecified atom stereocenters. The monoisotopic (exact) mass is 420 g/mol. The zero-order valence-corrected chi connectivity index (χ0v) is 16.4. The molecule has 0 radical (unpaired) electrons. The van der Waals surface area contributed by atoms with E-state index < -0.39 is 73.7 Å². The standard InChI is InChI=1S/C23H27N3O2S/c1-16-5-4-7-18(13-16)21(27)8-3-2-6-17-9-11-19(12-10-17)25-22(28)14-20-15-29-23(24)26-20/h4-5,7,9-13,15,21,27H,2-3,6,8,14H2,1H3,(H2,24,26)(H,25,28)/t21-/m0/s1/i4D,5D,6D2,7D,8D2,13D,14D2,21D. The van der Waals surface area contributed by atoms with Gasteiger partial charge in [-0.3, -0.25) is 4.79 Å². The predicted molar refractivity (Wildman–Crippen MR) is 119 cm³/mol. The highest BCUT2D eigenvalue weighted by Gasteiger charge is 2.08. The van der Waals surface area contributed by atoms with Crippen molar-refractivity contribution in [2.75, 3.05) is 11.1 Å². The highest BCUT2D eigenvalue weighted by atomic mass is 32.1. The highest BCUT2D eigenvalue weighted by molar-refractivity contribution is 7.13. The number of aliphatic hydroxyl groups is 1. The molecule has 0 aliphatic carbocycles. The van der Waals surface area contributed by atoms with Crippen molar-refractivity contribution < 1.29 is 25.0 Å². The summed E-state index contributed by atoms with van der Waals surface area (Å²) >= 11 is 0.985. The third-order valence-corrected chi connectivity index (χ3v) is 4.31. The Morgan fingerprint density at radius 2 is 2.17 bits per heavy atom. The first-order valence-corrected chi connectivity index (χ1v) is 9.55. The average Bonchev–Trinajstić information content (AvgIpc) is 3.32. The summed E-state index contributed by atoms with van der Waals surface area (Å²) in [7, 11) is 0. The Balaban J connectivity index is 1.76. The van der Waals surface area contributed by atoms with Crippen molar-refractivity contribution in [3.63, 3.8) is 0 Å². The van der Waals surface area contributed by atoms with Crippen LogP contribution in [-0.4, -0.2) is 16.0 Å². The van der Waals surface area contributed by atoms with E-state index in [1.165, 1.54) is 36.6 Å². The van der Waals surface area contributed by atoms with E-state index in [9.17, 15) is 9.90 Å². The number of thiazole rings is 1. The van der Waals surface area contributed by atoms with Gasteiger partial charge in [-0.25, -0.2) is 4.98 Å². The van der Waals surface area contributed by atoms with Gasteiger partial charge in [0.15, 0.2) is 5.13 Å². The van der Waals surface area contributed by atoms with Crippen molar-refractivity contribution in [2.24, 2.45) is 0 Å². The van der Waals surface area contributed by atoms with Crippen molar-refractivity contribution in [2.45, 2.75) is 45.0 Å². The topological polar surface area (TPSA) is 88.2 Å². The molecule has 1 amide bonds. The maximum atomic E-state index is 12.5. The molecule has 0 saturated carbocycles. The minimum atomic E-state index is -3.18. The molecular weight excluding hydrogens is 382 g/mol. The smallest absolute Gasteiger partial charge is 0.230 e. The van der Waals surface area contributed by atoms with Crippen molar-refractivity contribution in [1.82, 2.24) is 4.98 Å². The molecule has 0 saturated heterocycles. The predicted octanol–water partition coefficient (Wildman–Crippen LogP) is 4.66. The van der Waals surface area contributed by atoms with Crippen LogP contribution in [0.1, 0.15) is 62.8 Å². The van der Waals surface area contributed by atoms with Gasteiger partial charge in [0.1, 0.15) is 0 Å². The van der Waals surface area contributed by atoms with E-state index in [2.05, 4.69) is 10.3 Å². The third kappa shape index (κ3) is 6.69. The first kappa shape index (κ1) is 10.9. The largest absolute Gasteiger partial charge is 0.388 e. The molecule has 152 valence electrons. The van der Waals surface area contributed by atoms with Gasteiger partial charge in [-0.15, -0.1) is 11.3 Å². The summed E-state index contributed by atoms with van der Waals surface area (Å²) in [6.45, 7) is 1.30. The van der Waals surface area contributed by atoms with E-state index in [-0.39, 0.29) is 27.6 Å². The van der Waals surface area contributed by atoms with E-state index in [1.54, 1.807) is 0 Å². The first-order valence-electron chi connectivity index (χ1n) is 14.2. The summed E-state index contributed by atoms with van der Waals surface area (Å²) < 4.78 is 89.8. The van der Waals surface area contributed by atoms with Gasteiger partial charge in [-0.05, 0) is 49.4 Å². The maximum Gasteiger partial charge on any atom is 0.230 e. The van der Waals surface area contributed by atoms with E-state index in [1.807, 2.05) is 0 Å². The molecule has 0 aliphatic rings. The first-order chi connectivity index (χ1) is 18.2. The van der Waals surface area contributed by atoms with Gasteiger partial charge in [-0.2, -0.15) is 0 Å². The molecule has 29 heavy (non-hydrogen) atoms. The van der Waals surface area contributed by atoms with Gasteiger partial charge in [0.25, 0.3) is 0 Å². The Morgan fingerprint density at radius 3 is 2.90 bits per heavy atom. The second kappa shape index (κ2) is 10.2. The number of amides is 1. The highest BCUT2D eigenvalue weighted by Crippen LogP contribution is 2.21. The van der Waals surface area contributed by atoms with Gasteiger partial charge in [-0.1, -0.05) is 48.3 Å². The van der Waals surface area contributed by atoms with Crippen molar-refractivity contribution >= 4 is 28.1 Å². The molecule has 2 aromatic carbocycles. The Labute approximate surface area is 191 Å². The van der Waals surface area contributed by atoms with Gasteiger partial charge >= 0.3 is 0 Å². The molecule has 1 atom stereocenters. The van der Waals surface area contributed by atoms with E-state index in [4.69, 9.17) is 20.8 Å². The zero-order chi connectivity index (χ0) is 30.4. The Kier molecular flexibility index (Phi) is 3.83. The van der Waals surface area contributed by atoms with Crippen molar-refractivity contribution in [3.8, 4) is 0 Å². The number of carbonyl (C=O) groups excluding carboxylic acids is 1. The summed E-state index contributed by atoms with van der Waals surface area (Å²) in [5.41, 5.74) is 4.75. The second-order valence-corrected chi connectivity index (χ2v) is 6.82. The minimum absolute atomic E-state index is 0.0790. The normalized spacial score (nSPS) is 20.0. The number of hydrogen-bond acceptors (Lipinski definition) is 5. The number of aryl methyl sites for hydroxylation is 1. The number of nitrogens with two attached hydrogens (primary N) is 1.